The van der Waals surface area contributed by atoms with Gasteiger partial charge in [-0.3, -0.25) is 4.79 Å². The molecule has 1 aromatic heterocycles. The molecule has 0 bridgehead atoms. The molecule has 0 radical (unpaired) electrons. The van der Waals surface area contributed by atoms with Crippen molar-refractivity contribution >= 4 is 21.8 Å². The second-order valence-corrected chi connectivity index (χ2v) is 7.27. The Kier molecular flexibility index (Phi) is 5.93. The lowest BCUT2D eigenvalue weighted by molar-refractivity contribution is -0.123. The van der Waals surface area contributed by atoms with Crippen molar-refractivity contribution in [2.24, 2.45) is 11.8 Å². The van der Waals surface area contributed by atoms with Crippen molar-refractivity contribution in [3.63, 3.8) is 0 Å². The van der Waals surface area contributed by atoms with E-state index in [1.807, 2.05) is 52.0 Å². The fraction of sp³-hybridized carbons (Fsp3) is 0.471. The van der Waals surface area contributed by atoms with E-state index in [1.165, 1.54) is 0 Å². The summed E-state index contributed by atoms with van der Waals surface area (Å²) in [7, 11) is 0. The van der Waals surface area contributed by atoms with Crippen LogP contribution in [0.15, 0.2) is 33.3 Å². The Morgan fingerprint density at radius 3 is 2.43 bits per heavy atom. The van der Waals surface area contributed by atoms with Crippen LogP contribution in [0.5, 0.6) is 0 Å². The van der Waals surface area contributed by atoms with Crippen LogP contribution in [-0.4, -0.2) is 16.0 Å². The average Bonchev–Trinajstić information content (AvgIpc) is 2.94. The molecule has 1 heterocycles. The molecule has 1 N–H and O–H groups in total. The topological polar surface area (TPSA) is 68.0 Å². The molecule has 0 aliphatic heterocycles. The van der Waals surface area contributed by atoms with Gasteiger partial charge in [-0.15, -0.1) is 0 Å². The molecular weight excluding hydrogens is 358 g/mol. The van der Waals surface area contributed by atoms with Crippen molar-refractivity contribution < 1.29 is 9.32 Å². The van der Waals surface area contributed by atoms with Crippen LogP contribution < -0.4 is 5.32 Å². The summed E-state index contributed by atoms with van der Waals surface area (Å²) in [6, 6.07) is 7.41. The Hall–Kier alpha value is -1.69. The van der Waals surface area contributed by atoms with E-state index < -0.39 is 0 Å². The lowest BCUT2D eigenvalue weighted by Gasteiger charge is -2.19. The molecule has 0 fully saturated rings. The first-order chi connectivity index (χ1) is 10.9. The first-order valence-electron chi connectivity index (χ1n) is 7.75. The summed E-state index contributed by atoms with van der Waals surface area (Å²) in [5.41, 5.74) is 0.874. The first-order valence-corrected chi connectivity index (χ1v) is 8.55. The molecular formula is C17H22BrN3O2. The molecule has 124 valence electrons. The summed E-state index contributed by atoms with van der Waals surface area (Å²) >= 11 is 3.40. The lowest BCUT2D eigenvalue weighted by atomic mass is 10.0. The van der Waals surface area contributed by atoms with E-state index in [1.54, 1.807) is 0 Å². The Bertz CT molecular complexity index is 650. The highest BCUT2D eigenvalue weighted by atomic mass is 79.9. The largest absolute Gasteiger partial charge is 0.344 e. The third-order valence-corrected chi connectivity index (χ3v) is 3.92. The van der Waals surface area contributed by atoms with Gasteiger partial charge in [0.2, 0.25) is 17.6 Å². The molecule has 0 saturated carbocycles. The molecule has 1 unspecified atom stereocenters. The van der Waals surface area contributed by atoms with Gasteiger partial charge < -0.3 is 9.84 Å². The number of carbonyl (C=O) groups is 1. The maximum Gasteiger partial charge on any atom is 0.249 e. The number of rotatable bonds is 6. The van der Waals surface area contributed by atoms with Crippen LogP contribution in [-0.2, 0) is 4.79 Å². The van der Waals surface area contributed by atoms with Gasteiger partial charge in [0.05, 0.1) is 0 Å². The number of halogens is 1. The fourth-order valence-corrected chi connectivity index (χ4v) is 2.46. The molecule has 0 spiro atoms. The maximum absolute atomic E-state index is 12.0. The predicted octanol–water partition coefficient (Wildman–Crippen LogP) is 4.36. The summed E-state index contributed by atoms with van der Waals surface area (Å²) in [6.45, 7) is 8.07. The van der Waals surface area contributed by atoms with Crippen LogP contribution in [0.1, 0.15) is 46.0 Å². The number of benzene rings is 1. The zero-order valence-electron chi connectivity index (χ0n) is 13.8. The van der Waals surface area contributed by atoms with Crippen molar-refractivity contribution in [3.8, 4) is 11.4 Å². The summed E-state index contributed by atoms with van der Waals surface area (Å²) in [5.74, 6) is 1.43. The normalized spacial score (nSPS) is 12.7. The maximum atomic E-state index is 12.0. The van der Waals surface area contributed by atoms with Gasteiger partial charge in [-0.05, 0) is 36.1 Å². The smallest absolute Gasteiger partial charge is 0.249 e. The van der Waals surface area contributed by atoms with Crippen LogP contribution in [0.4, 0.5) is 0 Å². The van der Waals surface area contributed by atoms with Crippen molar-refractivity contribution in [3.05, 3.63) is 34.6 Å². The van der Waals surface area contributed by atoms with E-state index >= 15 is 0 Å². The van der Waals surface area contributed by atoms with E-state index in [2.05, 4.69) is 31.4 Å². The number of aromatic nitrogens is 2. The number of carbonyl (C=O) groups excluding carboxylic acids is 1. The minimum absolute atomic E-state index is 0.00194. The highest BCUT2D eigenvalue weighted by Crippen LogP contribution is 2.24. The Morgan fingerprint density at radius 2 is 1.87 bits per heavy atom. The first kappa shape index (κ1) is 17.7. The predicted molar refractivity (Wildman–Crippen MR) is 92.6 cm³/mol. The van der Waals surface area contributed by atoms with Gasteiger partial charge in [-0.25, -0.2) is 0 Å². The molecule has 1 atom stereocenters. The van der Waals surface area contributed by atoms with E-state index in [9.17, 15) is 4.79 Å². The van der Waals surface area contributed by atoms with Crippen molar-refractivity contribution in [1.29, 1.82) is 0 Å². The van der Waals surface area contributed by atoms with Gasteiger partial charge in [0.1, 0.15) is 6.04 Å². The zero-order valence-corrected chi connectivity index (χ0v) is 15.4. The molecule has 1 amide bonds. The third kappa shape index (κ3) is 4.89. The second kappa shape index (κ2) is 7.73. The highest BCUT2D eigenvalue weighted by molar-refractivity contribution is 9.10. The summed E-state index contributed by atoms with van der Waals surface area (Å²) in [6.07, 6.45) is 0.483. The van der Waals surface area contributed by atoms with E-state index in [-0.39, 0.29) is 17.9 Å². The van der Waals surface area contributed by atoms with Crippen LogP contribution >= 0.6 is 15.9 Å². The molecule has 2 aromatic rings. The van der Waals surface area contributed by atoms with Crippen molar-refractivity contribution in [1.82, 2.24) is 15.5 Å². The van der Waals surface area contributed by atoms with E-state index in [4.69, 9.17) is 4.52 Å². The molecule has 23 heavy (non-hydrogen) atoms. The Morgan fingerprint density at radius 1 is 1.22 bits per heavy atom. The zero-order chi connectivity index (χ0) is 17.0. The molecule has 2 rings (SSSR count). The SMILES string of the molecule is CC(C)CC(=O)NC(c1nc(-c2ccc(Br)cc2)no1)C(C)C. The van der Waals surface area contributed by atoms with Gasteiger partial charge in [-0.1, -0.05) is 48.8 Å². The number of nitrogens with zero attached hydrogens (tertiary/aromatic N) is 2. The van der Waals surface area contributed by atoms with Gasteiger partial charge >= 0.3 is 0 Å². The quantitative estimate of drug-likeness (QED) is 0.809. The molecule has 5 nitrogen and oxygen atoms in total. The van der Waals surface area contributed by atoms with Gasteiger partial charge in [-0.2, -0.15) is 4.98 Å². The van der Waals surface area contributed by atoms with Gasteiger partial charge in [0, 0.05) is 16.5 Å². The Labute approximate surface area is 145 Å². The second-order valence-electron chi connectivity index (χ2n) is 6.35. The minimum Gasteiger partial charge on any atom is -0.344 e. The third-order valence-electron chi connectivity index (χ3n) is 3.39. The summed E-state index contributed by atoms with van der Waals surface area (Å²) in [4.78, 5) is 16.5. The van der Waals surface area contributed by atoms with Gasteiger partial charge in [0.15, 0.2) is 0 Å². The van der Waals surface area contributed by atoms with Crippen molar-refractivity contribution in [2.45, 2.75) is 40.2 Å². The standard InChI is InChI=1S/C17H22BrN3O2/c1-10(2)9-14(22)19-15(11(3)4)17-20-16(21-23-17)12-5-7-13(18)8-6-12/h5-8,10-11,15H,9H2,1-4H3,(H,19,22). The molecule has 0 aliphatic rings. The number of nitrogens with one attached hydrogen (secondary N) is 1. The molecule has 0 aliphatic carbocycles. The number of hydrogen-bond donors (Lipinski definition) is 1. The molecule has 1 aromatic carbocycles. The van der Waals surface area contributed by atoms with Gasteiger partial charge in [0.25, 0.3) is 0 Å². The lowest BCUT2D eigenvalue weighted by Crippen LogP contribution is -2.32. The average molecular weight is 380 g/mol. The van der Waals surface area contributed by atoms with Crippen LogP contribution in [0.2, 0.25) is 0 Å². The monoisotopic (exact) mass is 379 g/mol. The van der Waals surface area contributed by atoms with Crippen LogP contribution in [0, 0.1) is 11.8 Å². The van der Waals surface area contributed by atoms with Crippen molar-refractivity contribution in [2.75, 3.05) is 0 Å². The minimum atomic E-state index is -0.280. The fourth-order valence-electron chi connectivity index (χ4n) is 2.19. The van der Waals surface area contributed by atoms with E-state index in [0.717, 1.165) is 10.0 Å². The Balaban J connectivity index is 2.17. The summed E-state index contributed by atoms with van der Waals surface area (Å²) < 4.78 is 6.38. The molecule has 0 saturated heterocycles. The number of amides is 1. The number of hydrogen-bond acceptors (Lipinski definition) is 4. The van der Waals surface area contributed by atoms with Crippen LogP contribution in [0.25, 0.3) is 11.4 Å². The highest BCUT2D eigenvalue weighted by Gasteiger charge is 2.25. The van der Waals surface area contributed by atoms with Crippen LogP contribution in [0.3, 0.4) is 0 Å². The molecule has 6 heteroatoms. The summed E-state index contributed by atoms with van der Waals surface area (Å²) in [5, 5.41) is 7.03. The van der Waals surface area contributed by atoms with E-state index in [0.29, 0.717) is 24.1 Å².